The van der Waals surface area contributed by atoms with Gasteiger partial charge in [-0.05, 0) is 66.2 Å². The Morgan fingerprint density at radius 1 is 0.714 bits per heavy atom. The molecule has 0 bridgehead atoms. The van der Waals surface area contributed by atoms with Crippen LogP contribution in [-0.2, 0) is 11.3 Å². The fourth-order valence-corrected chi connectivity index (χ4v) is 5.02. The van der Waals surface area contributed by atoms with Crippen LogP contribution in [-0.4, -0.2) is 69.3 Å². The lowest BCUT2D eigenvalue weighted by Gasteiger charge is -2.34. The number of hydrogen-bond acceptors (Lipinski definition) is 7. The third-order valence-electron chi connectivity index (χ3n) is 7.36. The van der Waals surface area contributed by atoms with Gasteiger partial charge in [0, 0.05) is 80.8 Å². The van der Waals surface area contributed by atoms with Gasteiger partial charge in [-0.15, -0.1) is 0 Å². The van der Waals surface area contributed by atoms with Crippen LogP contribution >= 0.6 is 0 Å². The maximum Gasteiger partial charge on any atom is 0.255 e. The zero-order valence-electron chi connectivity index (χ0n) is 24.3. The van der Waals surface area contributed by atoms with Gasteiger partial charge in [-0.3, -0.25) is 14.6 Å². The molecule has 3 N–H and O–H groups in total. The first-order valence-corrected chi connectivity index (χ1v) is 14.3. The molecule has 0 aromatic heterocycles. The van der Waals surface area contributed by atoms with Crippen molar-refractivity contribution in [2.75, 3.05) is 69.5 Å². The Kier molecular flexibility index (Phi) is 10.1. The highest BCUT2D eigenvalue weighted by molar-refractivity contribution is 6.04. The standard InChI is InChI=1S/C34H39N5O3/c1-41-22-21-38-17-19-39(20-18-38)25-26-7-6-8-27(23-26)34(40)37-31-15-16-32(33(24-31)42-2)36-30-13-11-29(12-14-30)35-28-9-4-3-5-10-28/h3-16,23-24,35-36H,17-22,25H2,1-2H3,(H,37,40). The molecule has 42 heavy (non-hydrogen) atoms. The number of piperazine rings is 1. The van der Waals surface area contributed by atoms with Crippen molar-refractivity contribution in [2.24, 2.45) is 0 Å². The molecule has 1 amide bonds. The molecule has 1 aliphatic rings. The Hall–Kier alpha value is -4.37. The first-order chi connectivity index (χ1) is 20.6. The molecule has 1 heterocycles. The summed E-state index contributed by atoms with van der Waals surface area (Å²) in [6, 6.07) is 31.6. The molecule has 0 spiro atoms. The summed E-state index contributed by atoms with van der Waals surface area (Å²) in [5.41, 5.74) is 6.22. The van der Waals surface area contributed by atoms with Crippen molar-refractivity contribution >= 4 is 34.3 Å². The largest absolute Gasteiger partial charge is 0.494 e. The quantitative estimate of drug-likeness (QED) is 0.189. The first kappa shape index (κ1) is 29.1. The van der Waals surface area contributed by atoms with Gasteiger partial charge in [0.15, 0.2) is 0 Å². The van der Waals surface area contributed by atoms with E-state index in [2.05, 4.69) is 31.8 Å². The Labute approximate surface area is 248 Å². The molecule has 8 nitrogen and oxygen atoms in total. The summed E-state index contributed by atoms with van der Waals surface area (Å²) in [5, 5.41) is 9.82. The summed E-state index contributed by atoms with van der Waals surface area (Å²) >= 11 is 0. The number of carbonyl (C=O) groups is 1. The number of hydrogen-bond donors (Lipinski definition) is 3. The number of methoxy groups -OCH3 is 2. The van der Waals surface area contributed by atoms with Crippen molar-refractivity contribution in [1.29, 1.82) is 0 Å². The molecule has 4 aromatic rings. The number of para-hydroxylation sites is 1. The molecule has 8 heteroatoms. The van der Waals surface area contributed by atoms with Crippen molar-refractivity contribution in [3.63, 3.8) is 0 Å². The van der Waals surface area contributed by atoms with Gasteiger partial charge in [0.1, 0.15) is 5.75 Å². The van der Waals surface area contributed by atoms with Crippen molar-refractivity contribution in [3.05, 3.63) is 108 Å². The maximum atomic E-state index is 13.1. The van der Waals surface area contributed by atoms with Crippen LogP contribution in [0.2, 0.25) is 0 Å². The van der Waals surface area contributed by atoms with E-state index in [0.29, 0.717) is 17.0 Å². The number of ether oxygens (including phenoxy) is 2. The fraction of sp³-hybridized carbons (Fsp3) is 0.265. The second-order valence-corrected chi connectivity index (χ2v) is 10.4. The lowest BCUT2D eigenvalue weighted by molar-refractivity contribution is 0.0937. The van der Waals surface area contributed by atoms with Gasteiger partial charge in [0.2, 0.25) is 0 Å². The van der Waals surface area contributed by atoms with Gasteiger partial charge in [-0.1, -0.05) is 30.3 Å². The Morgan fingerprint density at radius 2 is 1.38 bits per heavy atom. The third-order valence-corrected chi connectivity index (χ3v) is 7.36. The molecule has 1 aliphatic heterocycles. The van der Waals surface area contributed by atoms with E-state index in [4.69, 9.17) is 9.47 Å². The number of rotatable bonds is 12. The third kappa shape index (κ3) is 8.10. The van der Waals surface area contributed by atoms with Crippen LogP contribution in [0.15, 0.2) is 97.1 Å². The van der Waals surface area contributed by atoms with E-state index < -0.39 is 0 Å². The van der Waals surface area contributed by atoms with Gasteiger partial charge < -0.3 is 25.4 Å². The number of nitrogens with zero attached hydrogens (tertiary/aromatic N) is 2. The molecule has 4 aromatic carbocycles. The van der Waals surface area contributed by atoms with Crippen molar-refractivity contribution in [2.45, 2.75) is 6.54 Å². The SMILES string of the molecule is COCCN1CCN(Cc2cccc(C(=O)Nc3ccc(Nc4ccc(Nc5ccccc5)cc4)c(OC)c3)c2)CC1. The molecule has 0 unspecified atom stereocenters. The van der Waals surface area contributed by atoms with E-state index in [0.717, 1.165) is 74.2 Å². The Balaban J connectivity index is 1.17. The van der Waals surface area contributed by atoms with E-state index in [1.165, 1.54) is 0 Å². The molecule has 0 atom stereocenters. The summed E-state index contributed by atoms with van der Waals surface area (Å²) < 4.78 is 10.8. The number of anilines is 5. The molecule has 0 aliphatic carbocycles. The van der Waals surface area contributed by atoms with Crippen LogP contribution in [0.25, 0.3) is 0 Å². The summed E-state index contributed by atoms with van der Waals surface area (Å²) in [4.78, 5) is 18.0. The van der Waals surface area contributed by atoms with E-state index in [1.54, 1.807) is 14.2 Å². The minimum Gasteiger partial charge on any atom is -0.494 e. The topological polar surface area (TPSA) is 78.1 Å². The number of nitrogens with one attached hydrogen (secondary N) is 3. The van der Waals surface area contributed by atoms with Crippen LogP contribution in [0.4, 0.5) is 28.4 Å². The van der Waals surface area contributed by atoms with Gasteiger partial charge >= 0.3 is 0 Å². The molecule has 1 saturated heterocycles. The normalized spacial score (nSPS) is 13.9. The predicted molar refractivity (Wildman–Crippen MR) is 170 cm³/mol. The van der Waals surface area contributed by atoms with Crippen LogP contribution in [0, 0.1) is 0 Å². The van der Waals surface area contributed by atoms with Crippen LogP contribution in [0.5, 0.6) is 5.75 Å². The highest BCUT2D eigenvalue weighted by Crippen LogP contribution is 2.31. The monoisotopic (exact) mass is 565 g/mol. The fourth-order valence-electron chi connectivity index (χ4n) is 5.02. The van der Waals surface area contributed by atoms with E-state index >= 15 is 0 Å². The number of amides is 1. The summed E-state index contributed by atoms with van der Waals surface area (Å²) in [6.07, 6.45) is 0. The van der Waals surface area contributed by atoms with Gasteiger partial charge in [0.05, 0.1) is 19.4 Å². The smallest absolute Gasteiger partial charge is 0.255 e. The van der Waals surface area contributed by atoms with Crippen LogP contribution in [0.3, 0.4) is 0 Å². The van der Waals surface area contributed by atoms with Crippen LogP contribution < -0.4 is 20.7 Å². The van der Waals surface area contributed by atoms with Crippen molar-refractivity contribution in [1.82, 2.24) is 9.80 Å². The zero-order chi connectivity index (χ0) is 29.1. The average Bonchev–Trinajstić information content (AvgIpc) is 3.03. The summed E-state index contributed by atoms with van der Waals surface area (Å²) in [5.74, 6) is 0.489. The van der Waals surface area contributed by atoms with Crippen LogP contribution in [0.1, 0.15) is 15.9 Å². The molecule has 0 saturated carbocycles. The summed E-state index contributed by atoms with van der Waals surface area (Å²) in [6.45, 7) is 6.66. The first-order valence-electron chi connectivity index (χ1n) is 14.3. The second-order valence-electron chi connectivity index (χ2n) is 10.4. The minimum absolute atomic E-state index is 0.148. The lowest BCUT2D eigenvalue weighted by atomic mass is 10.1. The van der Waals surface area contributed by atoms with Crippen molar-refractivity contribution < 1.29 is 14.3 Å². The Morgan fingerprint density at radius 3 is 2.10 bits per heavy atom. The van der Waals surface area contributed by atoms with E-state index in [-0.39, 0.29) is 5.91 Å². The molecular weight excluding hydrogens is 526 g/mol. The molecule has 5 rings (SSSR count). The van der Waals surface area contributed by atoms with Gasteiger partial charge in [-0.25, -0.2) is 0 Å². The number of benzene rings is 4. The summed E-state index contributed by atoms with van der Waals surface area (Å²) in [7, 11) is 3.37. The van der Waals surface area contributed by atoms with E-state index in [1.807, 2.05) is 91.0 Å². The van der Waals surface area contributed by atoms with Gasteiger partial charge in [-0.2, -0.15) is 0 Å². The highest BCUT2D eigenvalue weighted by atomic mass is 16.5. The molecule has 0 radical (unpaired) electrons. The number of carbonyl (C=O) groups excluding carboxylic acids is 1. The maximum absolute atomic E-state index is 13.1. The van der Waals surface area contributed by atoms with Gasteiger partial charge in [0.25, 0.3) is 5.91 Å². The zero-order valence-corrected chi connectivity index (χ0v) is 24.3. The van der Waals surface area contributed by atoms with E-state index in [9.17, 15) is 4.79 Å². The highest BCUT2D eigenvalue weighted by Gasteiger charge is 2.17. The predicted octanol–water partition coefficient (Wildman–Crippen LogP) is 6.20. The molecule has 1 fully saturated rings. The average molecular weight is 566 g/mol. The second kappa shape index (κ2) is 14.5. The lowest BCUT2D eigenvalue weighted by Crippen LogP contribution is -2.46. The minimum atomic E-state index is -0.148. The Bertz CT molecular complexity index is 1440. The molecule has 218 valence electrons. The molecular formula is C34H39N5O3. The van der Waals surface area contributed by atoms with Crippen molar-refractivity contribution in [3.8, 4) is 5.75 Å².